The number of hydrogen-bond acceptors (Lipinski definition) is 3. The Morgan fingerprint density at radius 1 is 1.35 bits per heavy atom. The molecule has 0 radical (unpaired) electrons. The minimum atomic E-state index is 0.177. The van der Waals surface area contributed by atoms with Crippen LogP contribution in [0.2, 0.25) is 5.02 Å². The molecule has 3 nitrogen and oxygen atoms in total. The number of aromatic nitrogens is 2. The van der Waals surface area contributed by atoms with Gasteiger partial charge in [0.15, 0.2) is 0 Å². The molecule has 0 amide bonds. The van der Waals surface area contributed by atoms with E-state index in [0.29, 0.717) is 0 Å². The second kappa shape index (κ2) is 5.75. The first-order chi connectivity index (χ1) is 8.29. The molecule has 0 saturated heterocycles. The van der Waals surface area contributed by atoms with Crippen molar-refractivity contribution in [1.82, 2.24) is 15.3 Å². The average Bonchev–Trinajstić information content (AvgIpc) is 2.37. The maximum Gasteiger partial charge on any atom is 0.115 e. The lowest BCUT2D eigenvalue weighted by molar-refractivity contribution is 0.574. The van der Waals surface area contributed by atoms with Gasteiger partial charge in [0.25, 0.3) is 0 Å². The van der Waals surface area contributed by atoms with Crippen LogP contribution in [0.4, 0.5) is 0 Å². The number of nitrogens with zero attached hydrogens (tertiary/aromatic N) is 2. The third-order valence-electron chi connectivity index (χ3n) is 2.64. The summed E-state index contributed by atoms with van der Waals surface area (Å²) in [5.74, 6) is 0. The molecule has 1 heterocycles. The second-order valence-electron chi connectivity index (χ2n) is 3.81. The Morgan fingerprint density at radius 3 is 2.88 bits per heavy atom. The average molecular weight is 248 g/mol. The predicted molar refractivity (Wildman–Crippen MR) is 69.0 cm³/mol. The molecule has 0 fully saturated rings. The van der Waals surface area contributed by atoms with Crippen LogP contribution in [0.1, 0.15) is 17.3 Å². The summed E-state index contributed by atoms with van der Waals surface area (Å²) in [6.45, 7) is 0. The Kier molecular flexibility index (Phi) is 4.07. The summed E-state index contributed by atoms with van der Waals surface area (Å²) in [5, 5.41) is 4.02. The van der Waals surface area contributed by atoms with E-state index >= 15 is 0 Å². The molecule has 1 aromatic heterocycles. The summed E-state index contributed by atoms with van der Waals surface area (Å²) in [6.07, 6.45) is 4.18. The van der Waals surface area contributed by atoms with Crippen molar-refractivity contribution in [2.24, 2.45) is 0 Å². The molecule has 17 heavy (non-hydrogen) atoms. The molecule has 0 spiro atoms. The van der Waals surface area contributed by atoms with Crippen molar-refractivity contribution in [2.75, 3.05) is 7.05 Å². The van der Waals surface area contributed by atoms with Gasteiger partial charge in [-0.1, -0.05) is 23.7 Å². The lowest BCUT2D eigenvalue weighted by Gasteiger charge is -2.15. The van der Waals surface area contributed by atoms with E-state index in [9.17, 15) is 0 Å². The second-order valence-corrected chi connectivity index (χ2v) is 4.25. The zero-order valence-corrected chi connectivity index (χ0v) is 10.4. The first-order valence-corrected chi connectivity index (χ1v) is 5.85. The summed E-state index contributed by atoms with van der Waals surface area (Å²) >= 11 is 5.97. The minimum Gasteiger partial charge on any atom is -0.311 e. The van der Waals surface area contributed by atoms with Crippen LogP contribution < -0.4 is 5.32 Å². The van der Waals surface area contributed by atoms with Gasteiger partial charge >= 0.3 is 0 Å². The standard InChI is InChI=1S/C13H14ClN3/c1-15-13(12-5-6-16-9-17-12)8-10-3-2-4-11(14)7-10/h2-7,9,13,15H,8H2,1H3. The highest BCUT2D eigenvalue weighted by Gasteiger charge is 2.11. The number of benzene rings is 1. The van der Waals surface area contributed by atoms with Crippen LogP contribution in [-0.4, -0.2) is 17.0 Å². The van der Waals surface area contributed by atoms with Gasteiger partial charge in [-0.15, -0.1) is 0 Å². The molecule has 0 saturated carbocycles. The van der Waals surface area contributed by atoms with Crippen LogP contribution in [0.3, 0.4) is 0 Å². The van der Waals surface area contributed by atoms with E-state index in [-0.39, 0.29) is 6.04 Å². The third-order valence-corrected chi connectivity index (χ3v) is 2.87. The zero-order chi connectivity index (χ0) is 12.1. The van der Waals surface area contributed by atoms with E-state index in [1.165, 1.54) is 5.56 Å². The molecule has 1 unspecified atom stereocenters. The number of nitrogens with one attached hydrogen (secondary N) is 1. The summed E-state index contributed by atoms with van der Waals surface area (Å²) in [4.78, 5) is 8.19. The van der Waals surface area contributed by atoms with Crippen LogP contribution in [0.25, 0.3) is 0 Å². The molecule has 4 heteroatoms. The Labute approximate surface area is 106 Å². The van der Waals surface area contributed by atoms with E-state index in [0.717, 1.165) is 17.1 Å². The van der Waals surface area contributed by atoms with Crippen LogP contribution in [0, 0.1) is 0 Å². The number of halogens is 1. The quantitative estimate of drug-likeness (QED) is 0.903. The molecule has 1 aromatic carbocycles. The van der Waals surface area contributed by atoms with E-state index in [4.69, 9.17) is 11.6 Å². The normalized spacial score (nSPS) is 12.4. The summed E-state index contributed by atoms with van der Waals surface area (Å²) < 4.78 is 0. The van der Waals surface area contributed by atoms with Gasteiger partial charge in [0, 0.05) is 11.2 Å². The molecule has 0 aliphatic carbocycles. The van der Waals surface area contributed by atoms with Crippen molar-refractivity contribution in [2.45, 2.75) is 12.5 Å². The highest BCUT2D eigenvalue weighted by Crippen LogP contribution is 2.18. The zero-order valence-electron chi connectivity index (χ0n) is 9.60. The highest BCUT2D eigenvalue weighted by atomic mass is 35.5. The maximum absolute atomic E-state index is 5.97. The Bertz CT molecular complexity index is 473. The first-order valence-electron chi connectivity index (χ1n) is 5.47. The van der Waals surface area contributed by atoms with Crippen molar-refractivity contribution in [3.63, 3.8) is 0 Å². The molecular formula is C13H14ClN3. The summed E-state index contributed by atoms with van der Waals surface area (Å²) in [5.41, 5.74) is 2.18. The molecule has 2 aromatic rings. The Balaban J connectivity index is 2.16. The van der Waals surface area contributed by atoms with Gasteiger partial charge in [-0.25, -0.2) is 9.97 Å². The van der Waals surface area contributed by atoms with Gasteiger partial charge in [-0.2, -0.15) is 0 Å². The fraction of sp³-hybridized carbons (Fsp3) is 0.231. The van der Waals surface area contributed by atoms with Crippen LogP contribution in [-0.2, 0) is 6.42 Å². The fourth-order valence-corrected chi connectivity index (χ4v) is 1.97. The van der Waals surface area contributed by atoms with E-state index in [1.807, 2.05) is 31.3 Å². The molecule has 0 aliphatic rings. The van der Waals surface area contributed by atoms with Crippen LogP contribution in [0.15, 0.2) is 42.9 Å². The van der Waals surface area contributed by atoms with Crippen molar-refractivity contribution in [1.29, 1.82) is 0 Å². The van der Waals surface area contributed by atoms with E-state index < -0.39 is 0 Å². The van der Waals surface area contributed by atoms with Crippen LogP contribution >= 0.6 is 11.6 Å². The smallest absolute Gasteiger partial charge is 0.115 e. The third kappa shape index (κ3) is 3.25. The lowest BCUT2D eigenvalue weighted by atomic mass is 10.0. The molecule has 1 atom stereocenters. The Hall–Kier alpha value is -1.45. The van der Waals surface area contributed by atoms with Crippen molar-refractivity contribution >= 4 is 11.6 Å². The Morgan fingerprint density at radius 2 is 2.24 bits per heavy atom. The van der Waals surface area contributed by atoms with Gasteiger partial charge in [0.05, 0.1) is 11.7 Å². The molecule has 0 bridgehead atoms. The van der Waals surface area contributed by atoms with Crippen molar-refractivity contribution in [3.8, 4) is 0 Å². The van der Waals surface area contributed by atoms with Gasteiger partial charge in [0.2, 0.25) is 0 Å². The fourth-order valence-electron chi connectivity index (χ4n) is 1.76. The lowest BCUT2D eigenvalue weighted by Crippen LogP contribution is -2.20. The number of rotatable bonds is 4. The van der Waals surface area contributed by atoms with Gasteiger partial charge in [-0.05, 0) is 37.2 Å². The van der Waals surface area contributed by atoms with Gasteiger partial charge in [-0.3, -0.25) is 0 Å². The number of likely N-dealkylation sites (N-methyl/N-ethyl adjacent to an activating group) is 1. The van der Waals surface area contributed by atoms with Crippen molar-refractivity contribution < 1.29 is 0 Å². The predicted octanol–water partition coefficient (Wildman–Crippen LogP) is 2.63. The summed E-state index contributed by atoms with van der Waals surface area (Å²) in [7, 11) is 1.93. The van der Waals surface area contributed by atoms with E-state index in [2.05, 4.69) is 21.4 Å². The van der Waals surface area contributed by atoms with Gasteiger partial charge < -0.3 is 5.32 Å². The number of hydrogen-bond donors (Lipinski definition) is 1. The highest BCUT2D eigenvalue weighted by molar-refractivity contribution is 6.30. The maximum atomic E-state index is 5.97. The minimum absolute atomic E-state index is 0.177. The van der Waals surface area contributed by atoms with Crippen LogP contribution in [0.5, 0.6) is 0 Å². The summed E-state index contributed by atoms with van der Waals surface area (Å²) in [6, 6.07) is 9.99. The van der Waals surface area contributed by atoms with E-state index in [1.54, 1.807) is 12.5 Å². The molecule has 88 valence electrons. The largest absolute Gasteiger partial charge is 0.311 e. The van der Waals surface area contributed by atoms with Gasteiger partial charge in [0.1, 0.15) is 6.33 Å². The molecular weight excluding hydrogens is 234 g/mol. The SMILES string of the molecule is CNC(Cc1cccc(Cl)c1)c1ccncn1. The molecule has 2 rings (SSSR count). The topological polar surface area (TPSA) is 37.8 Å². The monoisotopic (exact) mass is 247 g/mol. The first kappa shape index (κ1) is 12.0. The molecule has 1 N–H and O–H groups in total. The van der Waals surface area contributed by atoms with Crippen molar-refractivity contribution in [3.05, 3.63) is 59.1 Å². The molecule has 0 aliphatic heterocycles.